The minimum atomic E-state index is -3.19. The molecular weight excluding hydrogens is 195 g/mol. The summed E-state index contributed by atoms with van der Waals surface area (Å²) < 4.78 is 15.3. The van der Waals surface area contributed by atoms with E-state index < -0.39 is 13.6 Å². The first-order valence-electron chi connectivity index (χ1n) is 4.01. The fourth-order valence-electron chi connectivity index (χ4n) is 0.549. The Bertz CT molecular complexity index is 166. The minimum Gasteiger partial charge on any atom is -0.481 e. The summed E-state index contributed by atoms with van der Waals surface area (Å²) >= 11 is 0. The lowest BCUT2D eigenvalue weighted by atomic mass is 10.6. The maximum Gasteiger partial charge on any atom is 0.328 e. The predicted octanol–water partition coefficient (Wildman–Crippen LogP) is 1.71. The van der Waals surface area contributed by atoms with Crippen molar-refractivity contribution in [1.29, 1.82) is 0 Å². The molecule has 0 aromatic heterocycles. The fourth-order valence-corrected chi connectivity index (χ4v) is 1.65. The van der Waals surface area contributed by atoms with E-state index in [2.05, 4.69) is 4.52 Å². The number of rotatable bonds is 4. The molecule has 0 spiro atoms. The lowest BCUT2D eigenvalue weighted by Crippen LogP contribution is -1.92. The Morgan fingerprint density at radius 2 is 1.85 bits per heavy atom. The van der Waals surface area contributed by atoms with Crippen LogP contribution in [0.3, 0.4) is 0 Å². The summed E-state index contributed by atoms with van der Waals surface area (Å²) in [5.41, 5.74) is 0. The maximum atomic E-state index is 10.7. The lowest BCUT2D eigenvalue weighted by Gasteiger charge is -2.07. The van der Waals surface area contributed by atoms with Crippen LogP contribution in [-0.4, -0.2) is 28.7 Å². The third-order valence-corrected chi connectivity index (χ3v) is 2.51. The van der Waals surface area contributed by atoms with Crippen molar-refractivity contribution in [2.24, 2.45) is 0 Å². The Balaban J connectivity index is 0. The highest BCUT2D eigenvalue weighted by molar-refractivity contribution is 7.52. The van der Waals surface area contributed by atoms with E-state index in [1.807, 2.05) is 6.92 Å². The minimum absolute atomic E-state index is 0.265. The average Bonchev–Trinajstić information content (AvgIpc) is 1.84. The molecule has 0 rings (SSSR count). The molecule has 0 fully saturated rings. The molecule has 13 heavy (non-hydrogen) atoms. The molecule has 0 bridgehead atoms. The molecule has 1 unspecified atom stereocenters. The Morgan fingerprint density at radius 3 is 2.08 bits per heavy atom. The van der Waals surface area contributed by atoms with Gasteiger partial charge in [-0.1, -0.05) is 6.92 Å². The van der Waals surface area contributed by atoms with Crippen LogP contribution in [0.5, 0.6) is 0 Å². The largest absolute Gasteiger partial charge is 0.481 e. The molecule has 0 aromatic carbocycles. The molecule has 1 atom stereocenters. The van der Waals surface area contributed by atoms with Gasteiger partial charge in [0.25, 0.3) is 5.97 Å². The molecule has 0 aliphatic rings. The van der Waals surface area contributed by atoms with Gasteiger partial charge >= 0.3 is 7.60 Å². The number of hydrogen-bond donors (Lipinski definition) is 2. The van der Waals surface area contributed by atoms with Crippen LogP contribution in [0.1, 0.15) is 27.2 Å². The molecule has 6 heteroatoms. The number of carbonyl (C=O) groups is 1. The quantitative estimate of drug-likeness (QED) is 0.693. The summed E-state index contributed by atoms with van der Waals surface area (Å²) in [4.78, 5) is 17.8. The van der Waals surface area contributed by atoms with Crippen molar-refractivity contribution in [3.8, 4) is 0 Å². The molecule has 0 saturated heterocycles. The Kier molecular flexibility index (Phi) is 9.56. The Hall–Kier alpha value is -0.380. The maximum absolute atomic E-state index is 10.7. The fraction of sp³-hybridized carbons (Fsp3) is 0.857. The summed E-state index contributed by atoms with van der Waals surface area (Å²) in [6.07, 6.45) is 0.953. The van der Waals surface area contributed by atoms with E-state index in [-0.39, 0.29) is 6.16 Å². The second-order valence-electron chi connectivity index (χ2n) is 2.30. The van der Waals surface area contributed by atoms with E-state index in [1.54, 1.807) is 6.92 Å². The van der Waals surface area contributed by atoms with Crippen LogP contribution in [0.4, 0.5) is 0 Å². The van der Waals surface area contributed by atoms with Gasteiger partial charge in [-0.15, -0.1) is 0 Å². The molecule has 0 aliphatic heterocycles. The topological polar surface area (TPSA) is 83.8 Å². The molecule has 0 aliphatic carbocycles. The number of carboxylic acid groups (broad SMARTS) is 1. The first-order valence-corrected chi connectivity index (χ1v) is 5.77. The molecule has 80 valence electrons. The average molecular weight is 212 g/mol. The van der Waals surface area contributed by atoms with Crippen LogP contribution in [0.2, 0.25) is 0 Å². The molecule has 0 radical (unpaired) electrons. The van der Waals surface area contributed by atoms with Crippen molar-refractivity contribution >= 4 is 13.6 Å². The van der Waals surface area contributed by atoms with Crippen LogP contribution < -0.4 is 0 Å². The molecule has 0 saturated carbocycles. The second kappa shape index (κ2) is 8.23. The van der Waals surface area contributed by atoms with Gasteiger partial charge < -0.3 is 14.5 Å². The van der Waals surface area contributed by atoms with Crippen LogP contribution in [0, 0.1) is 0 Å². The van der Waals surface area contributed by atoms with E-state index in [9.17, 15) is 4.57 Å². The molecule has 0 aromatic rings. The van der Waals surface area contributed by atoms with Crippen LogP contribution in [0.25, 0.3) is 0 Å². The highest BCUT2D eigenvalue weighted by atomic mass is 31.2. The zero-order valence-corrected chi connectivity index (χ0v) is 9.08. The number of hydrogen-bond acceptors (Lipinski definition) is 3. The molecule has 0 amide bonds. The second-order valence-corrected chi connectivity index (χ2v) is 4.28. The van der Waals surface area contributed by atoms with Crippen molar-refractivity contribution in [2.45, 2.75) is 27.2 Å². The first kappa shape index (κ1) is 15.1. The van der Waals surface area contributed by atoms with Crippen LogP contribution in [-0.2, 0) is 13.9 Å². The van der Waals surface area contributed by atoms with Gasteiger partial charge in [-0.3, -0.25) is 9.36 Å². The lowest BCUT2D eigenvalue weighted by molar-refractivity contribution is -0.134. The molecule has 5 nitrogen and oxygen atoms in total. The number of carboxylic acids is 1. The first-order chi connectivity index (χ1) is 5.85. The summed E-state index contributed by atoms with van der Waals surface area (Å²) in [6, 6.07) is 0. The van der Waals surface area contributed by atoms with Gasteiger partial charge in [-0.05, 0) is 13.3 Å². The van der Waals surface area contributed by atoms with Gasteiger partial charge in [0.15, 0.2) is 0 Å². The van der Waals surface area contributed by atoms with Crippen LogP contribution >= 0.6 is 7.60 Å². The number of aliphatic carboxylic acids is 1. The molecule has 2 N–H and O–H groups in total. The highest BCUT2D eigenvalue weighted by Crippen LogP contribution is 2.41. The monoisotopic (exact) mass is 212 g/mol. The SMILES string of the molecule is CC(=O)O.CCCP(=O)(O)OCC. The van der Waals surface area contributed by atoms with Gasteiger partial charge in [0.1, 0.15) is 0 Å². The van der Waals surface area contributed by atoms with E-state index in [4.69, 9.17) is 14.8 Å². The van der Waals surface area contributed by atoms with Crippen molar-refractivity contribution in [2.75, 3.05) is 12.8 Å². The third kappa shape index (κ3) is 18.5. The summed E-state index contributed by atoms with van der Waals surface area (Å²) in [5.74, 6) is -0.833. The van der Waals surface area contributed by atoms with Crippen molar-refractivity contribution in [1.82, 2.24) is 0 Å². The molecule has 0 heterocycles. The predicted molar refractivity (Wildman–Crippen MR) is 49.9 cm³/mol. The Labute approximate surface area is 78.3 Å². The van der Waals surface area contributed by atoms with Gasteiger partial charge in [0.05, 0.1) is 6.61 Å². The zero-order chi connectivity index (χ0) is 10.9. The van der Waals surface area contributed by atoms with Gasteiger partial charge in [-0.2, -0.15) is 0 Å². The van der Waals surface area contributed by atoms with Gasteiger partial charge in [0.2, 0.25) is 0 Å². The molecular formula is C7H17O5P. The van der Waals surface area contributed by atoms with Crippen molar-refractivity contribution < 1.29 is 23.9 Å². The summed E-state index contributed by atoms with van der Waals surface area (Å²) in [6.45, 7) is 4.95. The van der Waals surface area contributed by atoms with Crippen LogP contribution in [0.15, 0.2) is 0 Å². The van der Waals surface area contributed by atoms with Gasteiger partial charge in [-0.25, -0.2) is 0 Å². The van der Waals surface area contributed by atoms with Crippen molar-refractivity contribution in [3.63, 3.8) is 0 Å². The van der Waals surface area contributed by atoms with E-state index >= 15 is 0 Å². The zero-order valence-electron chi connectivity index (χ0n) is 8.19. The standard InChI is InChI=1S/C5H13O3P.C2H4O2/c1-3-5-9(6,7)8-4-2;1-2(3)4/h3-5H2,1-2H3,(H,6,7);1H3,(H,3,4). The summed E-state index contributed by atoms with van der Waals surface area (Å²) in [7, 11) is -3.19. The van der Waals surface area contributed by atoms with E-state index in [1.165, 1.54) is 0 Å². The van der Waals surface area contributed by atoms with E-state index in [0.717, 1.165) is 6.92 Å². The van der Waals surface area contributed by atoms with Crippen molar-refractivity contribution in [3.05, 3.63) is 0 Å². The van der Waals surface area contributed by atoms with E-state index in [0.29, 0.717) is 13.0 Å². The highest BCUT2D eigenvalue weighted by Gasteiger charge is 2.15. The third-order valence-electron chi connectivity index (χ3n) is 0.837. The van der Waals surface area contributed by atoms with Gasteiger partial charge in [0, 0.05) is 13.1 Å². The Morgan fingerprint density at radius 1 is 1.46 bits per heavy atom. The smallest absolute Gasteiger partial charge is 0.328 e. The summed E-state index contributed by atoms with van der Waals surface area (Å²) in [5, 5.41) is 7.42. The normalized spacial score (nSPS) is 13.8.